The van der Waals surface area contributed by atoms with Crippen molar-refractivity contribution in [3.05, 3.63) is 0 Å². The van der Waals surface area contributed by atoms with Crippen molar-refractivity contribution in [1.82, 2.24) is 0 Å². The lowest BCUT2D eigenvalue weighted by molar-refractivity contribution is -0.240. The molecule has 3 nitrogen and oxygen atoms in total. The number of ether oxygens (including phenoxy) is 3. The molecule has 0 radical (unpaired) electrons. The third kappa shape index (κ3) is 2.19. The molecule has 2 atom stereocenters. The fourth-order valence-electron chi connectivity index (χ4n) is 1.43. The van der Waals surface area contributed by atoms with Gasteiger partial charge in [0.1, 0.15) is 0 Å². The van der Waals surface area contributed by atoms with E-state index in [9.17, 15) is 0 Å². The minimum Gasteiger partial charge on any atom is -0.330 e. The van der Waals surface area contributed by atoms with Crippen molar-refractivity contribution >= 4 is 0 Å². The van der Waals surface area contributed by atoms with E-state index in [1.165, 1.54) is 0 Å². The Hall–Kier alpha value is -0.120. The fraction of sp³-hybridized carbons (Fsp3) is 1.00. The summed E-state index contributed by atoms with van der Waals surface area (Å²) in [5.74, 6) is 0. The lowest BCUT2D eigenvalue weighted by Gasteiger charge is -2.10. The number of hydrogen-bond acceptors (Lipinski definition) is 3. The van der Waals surface area contributed by atoms with E-state index in [-0.39, 0.29) is 12.2 Å². The Bertz CT molecular complexity index is 115. The van der Waals surface area contributed by atoms with E-state index >= 15 is 0 Å². The van der Waals surface area contributed by atoms with E-state index in [0.29, 0.717) is 6.61 Å². The summed E-state index contributed by atoms with van der Waals surface area (Å²) in [4.78, 5) is 0. The van der Waals surface area contributed by atoms with Crippen LogP contribution in [0.15, 0.2) is 0 Å². The Morgan fingerprint density at radius 3 is 1.83 bits per heavy atom. The quantitative estimate of drug-likeness (QED) is 0.651. The molecule has 1 rings (SSSR count). The van der Waals surface area contributed by atoms with Crippen LogP contribution in [0.3, 0.4) is 0 Å². The average Bonchev–Trinajstić information content (AvgIpc) is 2.48. The van der Waals surface area contributed by atoms with Crippen molar-refractivity contribution in [2.75, 3.05) is 6.61 Å². The van der Waals surface area contributed by atoms with Gasteiger partial charge >= 0.3 is 0 Å². The molecule has 0 aliphatic carbocycles. The molecule has 3 heteroatoms. The summed E-state index contributed by atoms with van der Waals surface area (Å²) in [7, 11) is 0. The predicted octanol–water partition coefficient (Wildman–Crippen LogP) is 1.91. The van der Waals surface area contributed by atoms with Crippen molar-refractivity contribution in [2.24, 2.45) is 0 Å². The van der Waals surface area contributed by atoms with Gasteiger partial charge < -0.3 is 14.2 Å². The molecule has 72 valence electrons. The Morgan fingerprint density at radius 1 is 1.00 bits per heavy atom. The highest BCUT2D eigenvalue weighted by molar-refractivity contribution is 4.72. The summed E-state index contributed by atoms with van der Waals surface area (Å²) in [6, 6.07) is 0. The molecule has 0 N–H and O–H groups in total. The van der Waals surface area contributed by atoms with Gasteiger partial charge in [0.25, 0.3) is 6.48 Å². The van der Waals surface area contributed by atoms with Gasteiger partial charge in [-0.3, -0.25) is 0 Å². The van der Waals surface area contributed by atoms with Crippen LogP contribution in [-0.4, -0.2) is 25.3 Å². The van der Waals surface area contributed by atoms with Gasteiger partial charge in [-0.2, -0.15) is 0 Å². The maximum absolute atomic E-state index is 5.51. The van der Waals surface area contributed by atoms with Crippen LogP contribution in [0.5, 0.6) is 0 Å². The first-order valence-electron chi connectivity index (χ1n) is 4.74. The third-order valence-electron chi connectivity index (χ3n) is 2.09. The van der Waals surface area contributed by atoms with Crippen molar-refractivity contribution in [2.45, 2.75) is 52.3 Å². The Morgan fingerprint density at radius 2 is 1.50 bits per heavy atom. The highest BCUT2D eigenvalue weighted by atomic mass is 16.9. The molecule has 0 spiro atoms. The molecule has 0 aromatic rings. The van der Waals surface area contributed by atoms with Gasteiger partial charge in [0.05, 0.1) is 12.2 Å². The van der Waals surface area contributed by atoms with Crippen LogP contribution < -0.4 is 0 Å². The lowest BCUT2D eigenvalue weighted by Crippen LogP contribution is -2.20. The van der Waals surface area contributed by atoms with Gasteiger partial charge in [0.15, 0.2) is 0 Å². The summed E-state index contributed by atoms with van der Waals surface area (Å²) in [5, 5.41) is 0. The molecule has 0 bridgehead atoms. The van der Waals surface area contributed by atoms with Crippen molar-refractivity contribution in [1.29, 1.82) is 0 Å². The van der Waals surface area contributed by atoms with Gasteiger partial charge in [-0.25, -0.2) is 0 Å². The molecule has 1 fully saturated rings. The van der Waals surface area contributed by atoms with E-state index in [2.05, 4.69) is 13.8 Å². The second kappa shape index (κ2) is 4.80. The van der Waals surface area contributed by atoms with Gasteiger partial charge in [0, 0.05) is 6.61 Å². The number of rotatable bonds is 4. The van der Waals surface area contributed by atoms with E-state index in [1.54, 1.807) is 0 Å². The summed E-state index contributed by atoms with van der Waals surface area (Å²) >= 11 is 0. The molecule has 1 saturated heterocycles. The largest absolute Gasteiger partial charge is 0.330 e. The lowest BCUT2D eigenvalue weighted by atomic mass is 10.1. The first kappa shape index (κ1) is 9.96. The SMILES string of the molecule is CCOC1O[C@@H](CC)[C@H](CC)O1. The van der Waals surface area contributed by atoms with Gasteiger partial charge in [0.2, 0.25) is 0 Å². The van der Waals surface area contributed by atoms with Crippen LogP contribution in [0.1, 0.15) is 33.6 Å². The Labute approximate surface area is 74.0 Å². The maximum atomic E-state index is 5.51. The smallest absolute Gasteiger partial charge is 0.272 e. The second-order valence-corrected chi connectivity index (χ2v) is 2.91. The Kier molecular flexibility index (Phi) is 3.98. The van der Waals surface area contributed by atoms with E-state index in [4.69, 9.17) is 14.2 Å². The van der Waals surface area contributed by atoms with Crippen LogP contribution in [0.2, 0.25) is 0 Å². The molecule has 1 heterocycles. The summed E-state index contributed by atoms with van der Waals surface area (Å²) in [6.07, 6.45) is 2.41. The summed E-state index contributed by atoms with van der Waals surface area (Å²) in [5.41, 5.74) is 0. The third-order valence-corrected chi connectivity index (χ3v) is 2.09. The molecular weight excluding hydrogens is 156 g/mol. The Balaban J connectivity index is 2.36. The molecule has 12 heavy (non-hydrogen) atoms. The molecule has 0 aromatic carbocycles. The first-order chi connectivity index (χ1) is 5.81. The second-order valence-electron chi connectivity index (χ2n) is 2.91. The zero-order chi connectivity index (χ0) is 8.97. The zero-order valence-corrected chi connectivity index (χ0v) is 8.08. The highest BCUT2D eigenvalue weighted by Crippen LogP contribution is 2.24. The van der Waals surface area contributed by atoms with Crippen molar-refractivity contribution in [3.63, 3.8) is 0 Å². The van der Waals surface area contributed by atoms with Crippen LogP contribution >= 0.6 is 0 Å². The van der Waals surface area contributed by atoms with Crippen molar-refractivity contribution < 1.29 is 14.2 Å². The fourth-order valence-corrected chi connectivity index (χ4v) is 1.43. The highest BCUT2D eigenvalue weighted by Gasteiger charge is 2.33. The number of hydrogen-bond donors (Lipinski definition) is 0. The topological polar surface area (TPSA) is 27.7 Å². The molecule has 0 aromatic heterocycles. The monoisotopic (exact) mass is 174 g/mol. The van der Waals surface area contributed by atoms with Gasteiger partial charge in [-0.05, 0) is 19.8 Å². The molecular formula is C9H18O3. The molecule has 1 aliphatic rings. The van der Waals surface area contributed by atoms with E-state index in [1.807, 2.05) is 6.92 Å². The predicted molar refractivity (Wildman–Crippen MR) is 45.7 cm³/mol. The van der Waals surface area contributed by atoms with E-state index in [0.717, 1.165) is 12.8 Å². The van der Waals surface area contributed by atoms with E-state index < -0.39 is 6.48 Å². The minimum atomic E-state index is -0.426. The molecule has 0 unspecified atom stereocenters. The minimum absolute atomic E-state index is 0.214. The van der Waals surface area contributed by atoms with Gasteiger partial charge in [-0.15, -0.1) is 0 Å². The normalized spacial score (nSPS) is 31.2. The maximum Gasteiger partial charge on any atom is 0.272 e. The average molecular weight is 174 g/mol. The van der Waals surface area contributed by atoms with Crippen LogP contribution in [0.4, 0.5) is 0 Å². The molecule has 0 saturated carbocycles. The summed E-state index contributed by atoms with van der Waals surface area (Å²) in [6.45, 7) is 6.35. The zero-order valence-electron chi connectivity index (χ0n) is 8.08. The molecule has 1 aliphatic heterocycles. The first-order valence-corrected chi connectivity index (χ1v) is 4.74. The van der Waals surface area contributed by atoms with Crippen molar-refractivity contribution in [3.8, 4) is 0 Å². The van der Waals surface area contributed by atoms with Crippen LogP contribution in [0, 0.1) is 0 Å². The van der Waals surface area contributed by atoms with Crippen LogP contribution in [0.25, 0.3) is 0 Å². The standard InChI is InChI=1S/C9H18O3/c1-4-7-8(5-2)12-9(11-7)10-6-3/h7-9H,4-6H2,1-3H3/t7-,8-/m0/s1. The van der Waals surface area contributed by atoms with Crippen LogP contribution in [-0.2, 0) is 14.2 Å². The summed E-state index contributed by atoms with van der Waals surface area (Å²) < 4.78 is 16.2. The molecule has 0 amide bonds. The van der Waals surface area contributed by atoms with Gasteiger partial charge in [-0.1, -0.05) is 13.8 Å².